The van der Waals surface area contributed by atoms with Crippen LogP contribution in [-0.4, -0.2) is 31.4 Å². The monoisotopic (exact) mass is 487 g/mol. The number of amides is 2. The first-order valence-electron chi connectivity index (χ1n) is 12.2. The Balaban J connectivity index is 1.43. The van der Waals surface area contributed by atoms with Gasteiger partial charge in [-0.2, -0.15) is 0 Å². The van der Waals surface area contributed by atoms with Crippen molar-refractivity contribution in [2.24, 2.45) is 0 Å². The third-order valence-electron chi connectivity index (χ3n) is 7.45. The molecule has 6 heteroatoms. The number of hydrogen-bond donors (Lipinski definition) is 2. The lowest BCUT2D eigenvalue weighted by atomic mass is 9.76. The van der Waals surface area contributed by atoms with Crippen molar-refractivity contribution in [3.8, 4) is 0 Å². The average Bonchev–Trinajstić information content (AvgIpc) is 3.26. The number of aryl methyl sites for hydroxylation is 2. The molecule has 0 aromatic heterocycles. The van der Waals surface area contributed by atoms with E-state index in [0.29, 0.717) is 28.4 Å². The highest BCUT2D eigenvalue weighted by molar-refractivity contribution is 6.30. The van der Waals surface area contributed by atoms with E-state index in [4.69, 9.17) is 11.6 Å². The Morgan fingerprint density at radius 1 is 0.971 bits per heavy atom. The van der Waals surface area contributed by atoms with E-state index in [2.05, 4.69) is 10.6 Å². The second-order valence-corrected chi connectivity index (χ2v) is 10.2. The number of benzene rings is 3. The number of carbonyl (C=O) groups is 2. The molecule has 2 amide bonds. The fraction of sp³-hybridized carbons (Fsp3) is 0.310. The molecule has 2 N–H and O–H groups in total. The summed E-state index contributed by atoms with van der Waals surface area (Å²) in [7, 11) is 0. The molecule has 5 rings (SSSR count). The maximum absolute atomic E-state index is 13.8. The van der Waals surface area contributed by atoms with Crippen LogP contribution in [0.3, 0.4) is 0 Å². The van der Waals surface area contributed by atoms with Crippen LogP contribution in [0, 0.1) is 13.8 Å². The van der Waals surface area contributed by atoms with E-state index >= 15 is 0 Å². The standard InChI is InChI=1S/C29H30ClN3O2/c1-19-6-3-4-7-23(19)27(34)32-22-9-10-24(20(2)16-22)28(35)33-15-5-12-29(13-14-31-18-29)25-17-21(30)8-11-26(25)33/h3-4,6-11,16-17,31H,5,12-15,18H2,1-2H3,(H,32,34). The number of rotatable bonds is 3. The quantitative estimate of drug-likeness (QED) is 0.485. The van der Waals surface area contributed by atoms with Gasteiger partial charge in [0, 0.05) is 46.0 Å². The fourth-order valence-electron chi connectivity index (χ4n) is 5.55. The fourth-order valence-corrected chi connectivity index (χ4v) is 5.72. The van der Waals surface area contributed by atoms with Crippen LogP contribution >= 0.6 is 11.6 Å². The number of halogens is 1. The number of anilines is 2. The molecule has 0 radical (unpaired) electrons. The van der Waals surface area contributed by atoms with Gasteiger partial charge in [-0.3, -0.25) is 9.59 Å². The number of fused-ring (bicyclic) bond motifs is 2. The average molecular weight is 488 g/mol. The van der Waals surface area contributed by atoms with Crippen molar-refractivity contribution in [1.82, 2.24) is 5.32 Å². The summed E-state index contributed by atoms with van der Waals surface area (Å²) in [5.41, 5.74) is 5.84. The van der Waals surface area contributed by atoms with Gasteiger partial charge in [-0.15, -0.1) is 0 Å². The Morgan fingerprint density at radius 3 is 2.54 bits per heavy atom. The van der Waals surface area contributed by atoms with Gasteiger partial charge in [0.2, 0.25) is 0 Å². The van der Waals surface area contributed by atoms with Crippen LogP contribution < -0.4 is 15.5 Å². The summed E-state index contributed by atoms with van der Waals surface area (Å²) in [5, 5.41) is 7.18. The summed E-state index contributed by atoms with van der Waals surface area (Å²) >= 11 is 6.42. The van der Waals surface area contributed by atoms with Crippen LogP contribution in [0.5, 0.6) is 0 Å². The van der Waals surface area contributed by atoms with Gasteiger partial charge in [0.15, 0.2) is 0 Å². The minimum Gasteiger partial charge on any atom is -0.322 e. The molecule has 2 aliphatic rings. The zero-order valence-electron chi connectivity index (χ0n) is 20.2. The molecule has 35 heavy (non-hydrogen) atoms. The molecule has 0 saturated carbocycles. The van der Waals surface area contributed by atoms with Crippen LogP contribution in [0.25, 0.3) is 0 Å². The van der Waals surface area contributed by atoms with Gasteiger partial charge in [0.1, 0.15) is 0 Å². The molecule has 1 fully saturated rings. The Hall–Kier alpha value is -3.15. The van der Waals surface area contributed by atoms with E-state index in [1.807, 2.05) is 73.3 Å². The van der Waals surface area contributed by atoms with Crippen molar-refractivity contribution in [2.75, 3.05) is 29.9 Å². The predicted molar refractivity (Wildman–Crippen MR) is 142 cm³/mol. The zero-order chi connectivity index (χ0) is 24.6. The van der Waals surface area contributed by atoms with E-state index in [9.17, 15) is 9.59 Å². The van der Waals surface area contributed by atoms with Gasteiger partial charge in [-0.05, 0) is 98.8 Å². The van der Waals surface area contributed by atoms with E-state index in [0.717, 1.165) is 49.2 Å². The summed E-state index contributed by atoms with van der Waals surface area (Å²) in [5.74, 6) is -0.179. The van der Waals surface area contributed by atoms with Crippen molar-refractivity contribution in [1.29, 1.82) is 0 Å². The topological polar surface area (TPSA) is 61.4 Å². The van der Waals surface area contributed by atoms with Crippen LogP contribution in [0.4, 0.5) is 11.4 Å². The molecule has 1 saturated heterocycles. The van der Waals surface area contributed by atoms with Crippen LogP contribution in [-0.2, 0) is 5.41 Å². The highest BCUT2D eigenvalue weighted by Gasteiger charge is 2.40. The maximum atomic E-state index is 13.8. The van der Waals surface area contributed by atoms with E-state index in [1.165, 1.54) is 5.56 Å². The number of nitrogens with zero attached hydrogens (tertiary/aromatic N) is 1. The van der Waals surface area contributed by atoms with Gasteiger partial charge in [-0.1, -0.05) is 29.8 Å². The predicted octanol–water partition coefficient (Wildman–Crippen LogP) is 5.88. The Bertz CT molecular complexity index is 1300. The first-order valence-corrected chi connectivity index (χ1v) is 12.6. The summed E-state index contributed by atoms with van der Waals surface area (Å²) in [6.45, 7) is 6.39. The van der Waals surface area contributed by atoms with Gasteiger partial charge >= 0.3 is 0 Å². The van der Waals surface area contributed by atoms with Gasteiger partial charge in [0.05, 0.1) is 0 Å². The Kier molecular flexibility index (Phi) is 6.39. The van der Waals surface area contributed by atoms with Crippen LogP contribution in [0.2, 0.25) is 5.02 Å². The normalized spacial score (nSPS) is 19.3. The van der Waals surface area contributed by atoms with Gasteiger partial charge in [0.25, 0.3) is 11.8 Å². The smallest absolute Gasteiger partial charge is 0.258 e. The minimum atomic E-state index is -0.157. The highest BCUT2D eigenvalue weighted by atomic mass is 35.5. The maximum Gasteiger partial charge on any atom is 0.258 e. The van der Waals surface area contributed by atoms with E-state index in [1.54, 1.807) is 6.07 Å². The third-order valence-corrected chi connectivity index (χ3v) is 7.69. The van der Waals surface area contributed by atoms with Crippen molar-refractivity contribution >= 4 is 34.8 Å². The molecular formula is C29H30ClN3O2. The van der Waals surface area contributed by atoms with Crippen LogP contribution in [0.1, 0.15) is 56.7 Å². The lowest BCUT2D eigenvalue weighted by Crippen LogP contribution is -2.33. The first-order chi connectivity index (χ1) is 16.9. The van der Waals surface area contributed by atoms with Crippen molar-refractivity contribution in [2.45, 2.75) is 38.5 Å². The lowest BCUT2D eigenvalue weighted by molar-refractivity contribution is 0.0985. The Morgan fingerprint density at radius 2 is 1.80 bits per heavy atom. The molecule has 3 aromatic carbocycles. The minimum absolute atomic E-state index is 0.0218. The van der Waals surface area contributed by atoms with Crippen LogP contribution in [0.15, 0.2) is 60.7 Å². The summed E-state index contributed by atoms with van der Waals surface area (Å²) < 4.78 is 0. The number of carbonyl (C=O) groups excluding carboxylic acids is 2. The molecule has 1 atom stereocenters. The zero-order valence-corrected chi connectivity index (χ0v) is 20.9. The molecule has 2 aliphatic heterocycles. The molecule has 180 valence electrons. The molecule has 1 unspecified atom stereocenters. The van der Waals surface area contributed by atoms with Crippen molar-refractivity contribution < 1.29 is 9.59 Å². The summed E-state index contributed by atoms with van der Waals surface area (Å²) in [4.78, 5) is 28.5. The SMILES string of the molecule is Cc1ccccc1C(=O)Nc1ccc(C(=O)N2CCCC3(CCNC3)c3cc(Cl)ccc32)c(C)c1. The van der Waals surface area contributed by atoms with E-state index < -0.39 is 0 Å². The highest BCUT2D eigenvalue weighted by Crippen LogP contribution is 2.44. The molecular weight excluding hydrogens is 458 g/mol. The molecule has 5 nitrogen and oxygen atoms in total. The third kappa shape index (κ3) is 4.46. The summed E-state index contributed by atoms with van der Waals surface area (Å²) in [6.07, 6.45) is 3.01. The molecule has 0 bridgehead atoms. The van der Waals surface area contributed by atoms with Gasteiger partial charge < -0.3 is 15.5 Å². The second kappa shape index (κ2) is 9.48. The Labute approximate surface area is 211 Å². The second-order valence-electron chi connectivity index (χ2n) is 9.73. The van der Waals surface area contributed by atoms with E-state index in [-0.39, 0.29) is 17.2 Å². The first kappa shape index (κ1) is 23.6. The molecule has 0 aliphatic carbocycles. The van der Waals surface area contributed by atoms with Crippen molar-refractivity contribution in [3.63, 3.8) is 0 Å². The summed E-state index contributed by atoms with van der Waals surface area (Å²) in [6, 6.07) is 18.9. The molecule has 3 aromatic rings. The van der Waals surface area contributed by atoms with Gasteiger partial charge in [-0.25, -0.2) is 0 Å². The number of hydrogen-bond acceptors (Lipinski definition) is 3. The lowest BCUT2D eigenvalue weighted by Gasteiger charge is -2.30. The molecule has 1 spiro atoms. The largest absolute Gasteiger partial charge is 0.322 e. The molecule has 2 heterocycles. The van der Waals surface area contributed by atoms with Crippen molar-refractivity contribution in [3.05, 3.63) is 93.5 Å². The number of nitrogens with one attached hydrogen (secondary N) is 2.